The van der Waals surface area contributed by atoms with E-state index in [0.717, 1.165) is 6.92 Å². The van der Waals surface area contributed by atoms with Gasteiger partial charge >= 0.3 is 18.1 Å². The van der Waals surface area contributed by atoms with Gasteiger partial charge < -0.3 is 14.2 Å². The third-order valence-corrected chi connectivity index (χ3v) is 3.49. The summed E-state index contributed by atoms with van der Waals surface area (Å²) in [7, 11) is 0. The molecule has 1 saturated heterocycles. The van der Waals surface area contributed by atoms with Crippen LogP contribution in [-0.2, 0) is 28.6 Å². The van der Waals surface area contributed by atoms with Gasteiger partial charge in [-0.1, -0.05) is 12.5 Å². The molecule has 1 heterocycles. The number of rotatable bonds is 7. The van der Waals surface area contributed by atoms with Gasteiger partial charge in [-0.05, 0) is 27.2 Å². The summed E-state index contributed by atoms with van der Waals surface area (Å²) in [6.07, 6.45) is -5.30. The van der Waals surface area contributed by atoms with Crippen LogP contribution in [0.5, 0.6) is 0 Å². The summed E-state index contributed by atoms with van der Waals surface area (Å²) in [5.41, 5.74) is 1.17. The van der Waals surface area contributed by atoms with Crippen molar-refractivity contribution in [2.45, 2.75) is 46.4 Å². The van der Waals surface area contributed by atoms with Gasteiger partial charge in [0.1, 0.15) is 18.6 Å². The minimum absolute atomic E-state index is 0.0973. The van der Waals surface area contributed by atoms with Gasteiger partial charge in [0, 0.05) is 0 Å². The largest absolute Gasteiger partial charge is 0.465 e. The second-order valence-corrected chi connectivity index (χ2v) is 6.31. The quantitative estimate of drug-likeness (QED) is 0.291. The second-order valence-electron chi connectivity index (χ2n) is 6.31. The lowest BCUT2D eigenvalue weighted by Gasteiger charge is -2.25. The number of hydrogen-bond acceptors (Lipinski definition) is 6. The monoisotopic (exact) mass is 382 g/mol. The molecule has 0 spiro atoms. The van der Waals surface area contributed by atoms with E-state index in [1.54, 1.807) is 0 Å². The van der Waals surface area contributed by atoms with Crippen molar-refractivity contribution in [2.24, 2.45) is 17.8 Å². The van der Waals surface area contributed by atoms with E-state index in [1.165, 1.54) is 12.5 Å². The number of ether oxygens (including phenoxy) is 3. The summed E-state index contributed by atoms with van der Waals surface area (Å²) >= 11 is 0. The first-order valence-electron chi connectivity index (χ1n) is 8.03. The Hall–Kier alpha value is -2.06. The Balaban J connectivity index is 0.00000141. The molecule has 150 valence electrons. The minimum atomic E-state index is -4.49. The van der Waals surface area contributed by atoms with Gasteiger partial charge in [0.15, 0.2) is 0 Å². The van der Waals surface area contributed by atoms with E-state index in [9.17, 15) is 27.6 Å². The molecule has 1 rings (SSSR count). The normalized spacial score (nSPS) is 20.0. The molecule has 0 bridgehead atoms. The molecule has 9 heteroatoms. The maximum Gasteiger partial charge on any atom is 0.394 e. The molecule has 0 radical (unpaired) electrons. The average Bonchev–Trinajstić information content (AvgIpc) is 2.89. The molecule has 0 aromatic rings. The van der Waals surface area contributed by atoms with Gasteiger partial charge in [0.05, 0.1) is 18.4 Å². The number of carbonyl (C=O) groups excluding carboxylic acids is 3. The Bertz CT molecular complexity index is 499. The summed E-state index contributed by atoms with van der Waals surface area (Å²) in [5.74, 6) is -5.61. The number of halogens is 3. The number of allylic oxidation sites excluding steroid dienone is 1. The predicted octanol–water partition coefficient (Wildman–Crippen LogP) is 3.05. The summed E-state index contributed by atoms with van der Waals surface area (Å²) in [6.45, 7) is 9.06. The maximum absolute atomic E-state index is 12.4. The van der Waals surface area contributed by atoms with E-state index in [1.807, 2.05) is 13.8 Å². The van der Waals surface area contributed by atoms with Crippen molar-refractivity contribution in [3.63, 3.8) is 0 Å². The molecule has 4 unspecified atom stereocenters. The van der Waals surface area contributed by atoms with Crippen LogP contribution in [0, 0.1) is 17.8 Å². The number of esters is 2. The van der Waals surface area contributed by atoms with E-state index in [4.69, 9.17) is 4.74 Å². The third kappa shape index (κ3) is 8.35. The number of alkyl halides is 3. The lowest BCUT2D eigenvalue weighted by molar-refractivity contribution is -0.190. The van der Waals surface area contributed by atoms with Crippen molar-refractivity contribution >= 4 is 18.4 Å². The fourth-order valence-electron chi connectivity index (χ4n) is 2.09. The van der Waals surface area contributed by atoms with Gasteiger partial charge in [-0.25, -0.2) is 0 Å². The highest BCUT2D eigenvalue weighted by Gasteiger charge is 2.44. The molecule has 1 fully saturated rings. The van der Waals surface area contributed by atoms with Gasteiger partial charge in [-0.15, -0.1) is 6.58 Å². The molecule has 0 saturated carbocycles. The van der Waals surface area contributed by atoms with Crippen LogP contribution in [0.25, 0.3) is 0 Å². The molecule has 4 atom stereocenters. The van der Waals surface area contributed by atoms with Crippen LogP contribution in [0.2, 0.25) is 0 Å². The Kier molecular flexibility index (Phi) is 9.97. The van der Waals surface area contributed by atoms with E-state index in [-0.39, 0.29) is 19.5 Å². The Morgan fingerprint density at radius 2 is 1.92 bits per heavy atom. The van der Waals surface area contributed by atoms with Crippen molar-refractivity contribution in [3.8, 4) is 0 Å². The summed E-state index contributed by atoms with van der Waals surface area (Å²) in [6, 6.07) is 0. The predicted molar refractivity (Wildman–Crippen MR) is 85.8 cm³/mol. The van der Waals surface area contributed by atoms with Crippen LogP contribution >= 0.6 is 0 Å². The van der Waals surface area contributed by atoms with Gasteiger partial charge in [-0.3, -0.25) is 14.4 Å². The molecular formula is C17H25F3O6. The fraction of sp³-hybridized carbons (Fsp3) is 0.706. The van der Waals surface area contributed by atoms with Crippen LogP contribution in [0.4, 0.5) is 13.2 Å². The zero-order valence-electron chi connectivity index (χ0n) is 15.3. The van der Waals surface area contributed by atoms with Gasteiger partial charge in [-0.2, -0.15) is 13.2 Å². The number of hydrogen-bond donors (Lipinski definition) is 0. The van der Waals surface area contributed by atoms with E-state index < -0.39 is 48.6 Å². The molecule has 6 nitrogen and oxygen atoms in total. The Morgan fingerprint density at radius 3 is 2.31 bits per heavy atom. The first-order valence-corrected chi connectivity index (χ1v) is 8.03. The first kappa shape index (κ1) is 23.9. The second kappa shape index (κ2) is 10.8. The molecule has 1 aliphatic heterocycles. The first-order chi connectivity index (χ1) is 11.9. The molecule has 0 amide bonds. The van der Waals surface area contributed by atoms with E-state index in [2.05, 4.69) is 16.1 Å². The Labute approximate surface area is 150 Å². The highest BCUT2D eigenvalue weighted by molar-refractivity contribution is 5.83. The van der Waals surface area contributed by atoms with Crippen LogP contribution in [0.1, 0.15) is 34.1 Å². The smallest absolute Gasteiger partial charge is 0.394 e. The Morgan fingerprint density at radius 1 is 1.38 bits per heavy atom. The lowest BCUT2D eigenvalue weighted by atomic mass is 9.87. The molecule has 26 heavy (non-hydrogen) atoms. The molecule has 0 N–H and O–H groups in total. The van der Waals surface area contributed by atoms with Gasteiger partial charge in [0.25, 0.3) is 6.47 Å². The zero-order valence-corrected chi connectivity index (χ0v) is 15.3. The van der Waals surface area contributed by atoms with Crippen molar-refractivity contribution in [1.29, 1.82) is 0 Å². The number of carbonyl (C=O) groups is 3. The molecular weight excluding hydrogens is 357 g/mol. The fourth-order valence-corrected chi connectivity index (χ4v) is 2.09. The van der Waals surface area contributed by atoms with Crippen molar-refractivity contribution in [2.75, 3.05) is 13.2 Å². The molecule has 1 aliphatic rings. The highest BCUT2D eigenvalue weighted by atomic mass is 19.4. The zero-order chi connectivity index (χ0) is 20.5. The van der Waals surface area contributed by atoms with Crippen LogP contribution in [0.15, 0.2) is 12.2 Å². The summed E-state index contributed by atoms with van der Waals surface area (Å²) < 4.78 is 51.3. The van der Waals surface area contributed by atoms with E-state index >= 15 is 0 Å². The summed E-state index contributed by atoms with van der Waals surface area (Å²) in [4.78, 5) is 34.0. The minimum Gasteiger partial charge on any atom is -0.465 e. The maximum atomic E-state index is 12.4. The van der Waals surface area contributed by atoms with Crippen molar-refractivity contribution in [3.05, 3.63) is 12.2 Å². The lowest BCUT2D eigenvalue weighted by Crippen LogP contribution is -2.39. The molecule has 0 aromatic carbocycles. The van der Waals surface area contributed by atoms with Gasteiger partial charge in [0.2, 0.25) is 0 Å². The molecule has 0 aromatic heterocycles. The standard InChI is InChI=1S/C13H17F3O6.C4H8/c1-7(13(14,15)16)5-21-12(19)10(8(2)22-6-17)9-3-4-20-11(9)18;1-4(2)3/h6-10H,3-5H2,1-2H3;1H2,2-3H3. The topological polar surface area (TPSA) is 78.9 Å². The third-order valence-electron chi connectivity index (χ3n) is 3.49. The van der Waals surface area contributed by atoms with E-state index in [0.29, 0.717) is 0 Å². The van der Waals surface area contributed by atoms with Crippen LogP contribution in [-0.4, -0.2) is 43.9 Å². The SMILES string of the molecule is C=C(C)C.CC(OC=O)C(C(=O)OCC(C)C(F)(F)F)C1CCOC1=O. The average molecular weight is 382 g/mol. The summed E-state index contributed by atoms with van der Waals surface area (Å²) in [5, 5.41) is 0. The van der Waals surface area contributed by atoms with Crippen molar-refractivity contribution in [1.82, 2.24) is 0 Å². The highest BCUT2D eigenvalue weighted by Crippen LogP contribution is 2.30. The van der Waals surface area contributed by atoms with Crippen LogP contribution < -0.4 is 0 Å². The molecule has 0 aliphatic carbocycles. The van der Waals surface area contributed by atoms with Crippen LogP contribution in [0.3, 0.4) is 0 Å². The van der Waals surface area contributed by atoms with Crippen molar-refractivity contribution < 1.29 is 41.8 Å². The number of cyclic esters (lactones) is 1.